The van der Waals surface area contributed by atoms with Crippen molar-refractivity contribution in [2.75, 3.05) is 0 Å². The van der Waals surface area contributed by atoms with Crippen LogP contribution >= 0.6 is 22.6 Å². The van der Waals surface area contributed by atoms with Gasteiger partial charge in [0.15, 0.2) is 0 Å². The van der Waals surface area contributed by atoms with Crippen molar-refractivity contribution >= 4 is 22.6 Å². The summed E-state index contributed by atoms with van der Waals surface area (Å²) in [5, 5.41) is 0. The van der Waals surface area contributed by atoms with Gasteiger partial charge in [0.2, 0.25) is 0 Å². The lowest BCUT2D eigenvalue weighted by Gasteiger charge is -2.26. The Balaban J connectivity index is 5.21. The van der Waals surface area contributed by atoms with Crippen molar-refractivity contribution in [1.82, 2.24) is 0 Å². The van der Waals surface area contributed by atoms with E-state index < -0.39 is 24.1 Å². The van der Waals surface area contributed by atoms with Crippen LogP contribution in [0.1, 0.15) is 0 Å². The van der Waals surface area contributed by atoms with Crippen molar-refractivity contribution in [1.29, 1.82) is 0 Å². The number of hydrogen-bond acceptors (Lipinski definition) is 0. The second-order valence-corrected chi connectivity index (χ2v) is 2.72. The number of rotatable bonds is 1. The Kier molecular flexibility index (Phi) is 3.61. The molecule has 0 spiro atoms. The molecule has 0 aliphatic heterocycles. The zero-order valence-electron chi connectivity index (χ0n) is 5.68. The van der Waals surface area contributed by atoms with E-state index in [0.29, 0.717) is 4.08 Å². The molecule has 78 valence electrons. The van der Waals surface area contributed by atoms with Crippen molar-refractivity contribution in [3.63, 3.8) is 0 Å². The zero-order valence-corrected chi connectivity index (χ0v) is 7.84. The summed E-state index contributed by atoms with van der Waals surface area (Å²) >= 11 is 1.07. The maximum atomic E-state index is 12.5. The molecule has 13 heavy (non-hydrogen) atoms. The molecule has 0 heterocycles. The fourth-order valence-corrected chi connectivity index (χ4v) is 0.932. The average Bonchev–Trinajstić information content (AvgIpc) is 1.82. The van der Waals surface area contributed by atoms with Gasteiger partial charge in [-0.2, -0.15) is 26.3 Å². The van der Waals surface area contributed by atoms with Crippen LogP contribution in [0.5, 0.6) is 0 Å². The molecule has 0 radical (unpaired) electrons. The average molecular weight is 322 g/mol. The summed E-state index contributed by atoms with van der Waals surface area (Å²) in [6.07, 6.45) is -12.6. The predicted molar refractivity (Wildman–Crippen MR) is 39.1 cm³/mol. The molecule has 0 aromatic rings. The normalized spacial score (nSPS) is 15.4. The van der Waals surface area contributed by atoms with E-state index in [1.54, 1.807) is 0 Å². The highest BCUT2D eigenvalue weighted by molar-refractivity contribution is 14.1. The maximum absolute atomic E-state index is 12.5. The molecule has 0 saturated heterocycles. The Hall–Kier alpha value is -0.0200. The molecular formula is C5H2F7I. The molecule has 0 aliphatic rings. The largest absolute Gasteiger partial charge is 0.435 e. The van der Waals surface area contributed by atoms with Gasteiger partial charge in [0, 0.05) is 0 Å². The van der Waals surface area contributed by atoms with Crippen LogP contribution in [0.2, 0.25) is 0 Å². The van der Waals surface area contributed by atoms with Crippen LogP contribution < -0.4 is 0 Å². The highest BCUT2D eigenvalue weighted by atomic mass is 127. The van der Waals surface area contributed by atoms with Crippen LogP contribution in [0, 0.1) is 0 Å². The highest BCUT2D eigenvalue weighted by Gasteiger charge is 2.71. The van der Waals surface area contributed by atoms with Gasteiger partial charge in [0.1, 0.15) is 0 Å². The minimum absolute atomic E-state index is 0.332. The van der Waals surface area contributed by atoms with E-state index in [4.69, 9.17) is 0 Å². The van der Waals surface area contributed by atoms with Crippen molar-refractivity contribution in [3.05, 3.63) is 10.2 Å². The van der Waals surface area contributed by atoms with Crippen LogP contribution in [0.25, 0.3) is 0 Å². The number of allylic oxidation sites excluding steroid dienone is 1. The quantitative estimate of drug-likeness (QED) is 0.509. The van der Waals surface area contributed by atoms with Crippen molar-refractivity contribution in [2.45, 2.75) is 18.0 Å². The van der Waals surface area contributed by atoms with Gasteiger partial charge in [-0.1, -0.05) is 22.6 Å². The SMILES string of the molecule is FC(F)(F)C(F)(/C=C/I)C(F)(F)F. The lowest BCUT2D eigenvalue weighted by Crippen LogP contribution is -2.51. The zero-order chi connectivity index (χ0) is 10.9. The maximum Gasteiger partial charge on any atom is 0.435 e. The molecule has 0 aliphatic carbocycles. The van der Waals surface area contributed by atoms with Gasteiger partial charge < -0.3 is 0 Å². The number of alkyl halides is 7. The number of halogens is 8. The van der Waals surface area contributed by atoms with Gasteiger partial charge in [0.25, 0.3) is 0 Å². The first-order valence-electron chi connectivity index (χ1n) is 2.66. The van der Waals surface area contributed by atoms with E-state index >= 15 is 0 Å². The van der Waals surface area contributed by atoms with E-state index in [1.807, 2.05) is 0 Å². The minimum Gasteiger partial charge on any atom is -0.219 e. The minimum atomic E-state index is -5.99. The van der Waals surface area contributed by atoms with Gasteiger partial charge in [-0.3, -0.25) is 0 Å². The summed E-state index contributed by atoms with van der Waals surface area (Å²) in [4.78, 5) is 0. The molecule has 0 unspecified atom stereocenters. The Morgan fingerprint density at radius 1 is 0.769 bits per heavy atom. The standard InChI is InChI=1S/C5H2F7I/c6-3(1-2-13,4(7,8)9)5(10,11)12/h1-2H/b2-1+. The van der Waals surface area contributed by atoms with E-state index in [-0.39, 0.29) is 0 Å². The summed E-state index contributed by atoms with van der Waals surface area (Å²) in [6.45, 7) is 0. The van der Waals surface area contributed by atoms with Gasteiger partial charge in [-0.25, -0.2) is 4.39 Å². The molecular weight excluding hydrogens is 320 g/mol. The van der Waals surface area contributed by atoms with Gasteiger partial charge in [0.05, 0.1) is 0 Å². The van der Waals surface area contributed by atoms with Gasteiger partial charge >= 0.3 is 18.0 Å². The van der Waals surface area contributed by atoms with Crippen molar-refractivity contribution in [3.8, 4) is 0 Å². The third kappa shape index (κ3) is 2.47. The second-order valence-electron chi connectivity index (χ2n) is 2.00. The fourth-order valence-electron chi connectivity index (χ4n) is 0.437. The third-order valence-electron chi connectivity index (χ3n) is 1.12. The second kappa shape index (κ2) is 3.62. The Bertz CT molecular complexity index is 186. The first-order valence-corrected chi connectivity index (χ1v) is 3.91. The molecule has 0 amide bonds. The third-order valence-corrected chi connectivity index (χ3v) is 1.48. The molecule has 8 heteroatoms. The molecule has 0 rings (SSSR count). The smallest absolute Gasteiger partial charge is 0.219 e. The molecule has 0 bridgehead atoms. The molecule has 0 aromatic heterocycles. The monoisotopic (exact) mass is 322 g/mol. The van der Waals surface area contributed by atoms with E-state index in [2.05, 4.69) is 0 Å². The molecule has 0 N–H and O–H groups in total. The topological polar surface area (TPSA) is 0 Å². The lowest BCUT2D eigenvalue weighted by molar-refractivity contribution is -0.321. The van der Waals surface area contributed by atoms with Crippen molar-refractivity contribution < 1.29 is 30.7 Å². The first kappa shape index (κ1) is 13.0. The van der Waals surface area contributed by atoms with E-state index in [0.717, 1.165) is 22.6 Å². The first-order chi connectivity index (χ1) is 5.56. The summed E-state index contributed by atoms with van der Waals surface area (Å²) < 4.78 is 82.6. The Morgan fingerprint density at radius 2 is 1.08 bits per heavy atom. The molecule has 0 saturated carbocycles. The van der Waals surface area contributed by atoms with Gasteiger partial charge in [-0.05, 0) is 10.2 Å². The van der Waals surface area contributed by atoms with Crippen molar-refractivity contribution in [2.24, 2.45) is 0 Å². The predicted octanol–water partition coefficient (Wildman–Crippen LogP) is 3.77. The lowest BCUT2D eigenvalue weighted by atomic mass is 10.1. The highest BCUT2D eigenvalue weighted by Crippen LogP contribution is 2.47. The summed E-state index contributed by atoms with van der Waals surface area (Å²) in [6, 6.07) is 0. The fraction of sp³-hybridized carbons (Fsp3) is 0.600. The summed E-state index contributed by atoms with van der Waals surface area (Å²) in [7, 11) is 0. The van der Waals surface area contributed by atoms with E-state index in [1.165, 1.54) is 0 Å². The molecule has 0 atom stereocenters. The van der Waals surface area contributed by atoms with E-state index in [9.17, 15) is 30.7 Å². The van der Waals surface area contributed by atoms with Crippen LogP contribution in [0.4, 0.5) is 30.7 Å². The summed E-state index contributed by atoms with van der Waals surface area (Å²) in [5.74, 6) is 0. The number of hydrogen-bond donors (Lipinski definition) is 0. The Morgan fingerprint density at radius 3 is 1.15 bits per heavy atom. The van der Waals surface area contributed by atoms with Crippen LogP contribution in [0.15, 0.2) is 10.2 Å². The van der Waals surface area contributed by atoms with Crippen LogP contribution in [0.3, 0.4) is 0 Å². The Labute approximate surface area is 81.9 Å². The molecule has 0 nitrogen and oxygen atoms in total. The van der Waals surface area contributed by atoms with Gasteiger partial charge in [-0.15, -0.1) is 0 Å². The summed E-state index contributed by atoms with van der Waals surface area (Å²) in [5.41, 5.74) is -5.26. The molecule has 0 fully saturated rings. The van der Waals surface area contributed by atoms with Crippen LogP contribution in [-0.4, -0.2) is 18.0 Å². The van der Waals surface area contributed by atoms with Crippen LogP contribution in [-0.2, 0) is 0 Å². The molecule has 0 aromatic carbocycles.